The number of carboxylic acids is 4. The number of carbonyl (C=O) groups is 4. The number of aliphatic carboxylic acids is 4. The van der Waals surface area contributed by atoms with Crippen LogP contribution in [0.5, 0.6) is 5.75 Å². The van der Waals surface area contributed by atoms with E-state index in [2.05, 4.69) is 9.80 Å². The number of aliphatic hydroxyl groups is 1. The number of nitro benzene ring substituents is 1. The molecule has 1 saturated heterocycles. The van der Waals surface area contributed by atoms with Gasteiger partial charge in [-0.15, -0.1) is 0 Å². The minimum absolute atomic E-state index is 0.0230. The summed E-state index contributed by atoms with van der Waals surface area (Å²) >= 11 is 0. The van der Waals surface area contributed by atoms with Crippen LogP contribution in [0.4, 0.5) is 14.5 Å². The van der Waals surface area contributed by atoms with Gasteiger partial charge in [-0.2, -0.15) is 0 Å². The molecule has 0 saturated carbocycles. The van der Waals surface area contributed by atoms with Gasteiger partial charge in [-0.1, -0.05) is 30.3 Å². The molecule has 0 bridgehead atoms. The van der Waals surface area contributed by atoms with Crippen molar-refractivity contribution >= 4 is 29.6 Å². The highest BCUT2D eigenvalue weighted by Crippen LogP contribution is 2.30. The number of nitro groups is 1. The Morgan fingerprint density at radius 3 is 1.62 bits per heavy atom. The van der Waals surface area contributed by atoms with Gasteiger partial charge in [0.05, 0.1) is 17.0 Å². The molecule has 1 fully saturated rings. The van der Waals surface area contributed by atoms with Gasteiger partial charge in [-0.25, -0.2) is 28.0 Å². The third kappa shape index (κ3) is 13.2. The topological polar surface area (TPSA) is 228 Å². The van der Waals surface area contributed by atoms with Crippen molar-refractivity contribution in [2.24, 2.45) is 0 Å². The number of β-amino-alcohol motifs (C(OH)–C–C–N with tert-alkyl or cyclic N) is 1. The molecule has 0 aromatic heterocycles. The minimum Gasteiger partial charge on any atom is -0.491 e. The zero-order valence-electron chi connectivity index (χ0n) is 24.5. The highest BCUT2D eigenvalue weighted by molar-refractivity contribution is 6.27. The second-order valence-corrected chi connectivity index (χ2v) is 9.78. The van der Waals surface area contributed by atoms with Gasteiger partial charge in [0.25, 0.3) is 5.69 Å². The lowest BCUT2D eigenvalue weighted by Crippen LogP contribution is -2.50. The summed E-state index contributed by atoms with van der Waals surface area (Å²) in [6.07, 6.45) is -0.759. The molecule has 0 aliphatic carbocycles. The fraction of sp³-hybridized carbons (Fsp3) is 0.267. The Labute approximate surface area is 265 Å². The largest absolute Gasteiger partial charge is 0.491 e. The first kappa shape index (κ1) is 37.7. The van der Waals surface area contributed by atoms with Gasteiger partial charge in [0.2, 0.25) is 0 Å². The van der Waals surface area contributed by atoms with Crippen LogP contribution in [0.15, 0.2) is 72.8 Å². The number of nitrogens with zero attached hydrogens (tertiary/aromatic N) is 3. The second kappa shape index (κ2) is 18.4. The van der Waals surface area contributed by atoms with Crippen LogP contribution in [0.25, 0.3) is 0 Å². The normalized spacial score (nSPS) is 13.6. The molecule has 47 heavy (non-hydrogen) atoms. The molecule has 17 heteroatoms. The van der Waals surface area contributed by atoms with Crippen molar-refractivity contribution in [1.29, 1.82) is 0 Å². The van der Waals surface area contributed by atoms with Gasteiger partial charge in [0.15, 0.2) is 0 Å². The van der Waals surface area contributed by atoms with E-state index in [4.69, 9.17) is 44.3 Å². The summed E-state index contributed by atoms with van der Waals surface area (Å²) in [5.74, 6) is -7.57. The summed E-state index contributed by atoms with van der Waals surface area (Å²) in [6.45, 7) is 3.24. The lowest BCUT2D eigenvalue weighted by Gasteiger charge is -2.40. The molecule has 3 aromatic rings. The highest BCUT2D eigenvalue weighted by Gasteiger charge is 2.27. The molecule has 1 heterocycles. The molecule has 1 unspecified atom stereocenters. The number of piperazine rings is 1. The molecule has 0 spiro atoms. The Kier molecular flexibility index (Phi) is 14.8. The Morgan fingerprint density at radius 2 is 1.21 bits per heavy atom. The Hall–Kier alpha value is -5.52. The molecule has 0 amide bonds. The molecule has 4 rings (SSSR count). The Morgan fingerprint density at radius 1 is 0.766 bits per heavy atom. The van der Waals surface area contributed by atoms with Crippen LogP contribution in [-0.4, -0.2) is 110 Å². The van der Waals surface area contributed by atoms with E-state index in [0.717, 1.165) is 11.1 Å². The predicted octanol–water partition coefficient (Wildman–Crippen LogP) is 2.33. The van der Waals surface area contributed by atoms with Crippen LogP contribution in [0.2, 0.25) is 0 Å². The van der Waals surface area contributed by atoms with Gasteiger partial charge in [-0.3, -0.25) is 19.9 Å². The van der Waals surface area contributed by atoms with Crippen LogP contribution in [-0.2, 0) is 19.2 Å². The van der Waals surface area contributed by atoms with Crippen LogP contribution >= 0.6 is 0 Å². The van der Waals surface area contributed by atoms with Gasteiger partial charge >= 0.3 is 23.9 Å². The smallest absolute Gasteiger partial charge is 0.414 e. The average Bonchev–Trinajstić information content (AvgIpc) is 3.03. The zero-order valence-corrected chi connectivity index (χ0v) is 24.5. The van der Waals surface area contributed by atoms with Crippen LogP contribution in [0.1, 0.15) is 17.2 Å². The third-order valence-electron chi connectivity index (χ3n) is 6.45. The van der Waals surface area contributed by atoms with Gasteiger partial charge < -0.3 is 30.3 Å². The van der Waals surface area contributed by atoms with Gasteiger partial charge in [0.1, 0.15) is 30.1 Å². The van der Waals surface area contributed by atoms with Crippen LogP contribution in [0.3, 0.4) is 0 Å². The summed E-state index contributed by atoms with van der Waals surface area (Å²) in [5, 5.41) is 50.9. The van der Waals surface area contributed by atoms with Gasteiger partial charge in [-0.05, 0) is 41.5 Å². The third-order valence-corrected chi connectivity index (χ3v) is 6.45. The average molecular weight is 664 g/mol. The number of hydrogen-bond donors (Lipinski definition) is 5. The molecule has 15 nitrogen and oxygen atoms in total. The number of aliphatic hydroxyl groups excluding tert-OH is 1. The number of ether oxygens (including phenoxy) is 1. The monoisotopic (exact) mass is 663 g/mol. The lowest BCUT2D eigenvalue weighted by atomic mass is 9.96. The quantitative estimate of drug-likeness (QED) is 0.126. The number of non-ortho nitro benzene ring substituents is 1. The Balaban J connectivity index is 0.000000546. The lowest BCUT2D eigenvalue weighted by molar-refractivity contribution is -0.384. The fourth-order valence-electron chi connectivity index (χ4n) is 4.34. The minimum atomic E-state index is -1.82. The molecule has 0 radical (unpaired) electrons. The van der Waals surface area contributed by atoms with E-state index in [1.807, 2.05) is 0 Å². The van der Waals surface area contributed by atoms with Crippen molar-refractivity contribution in [1.82, 2.24) is 9.80 Å². The number of halogens is 2. The van der Waals surface area contributed by atoms with Crippen molar-refractivity contribution in [2.75, 3.05) is 39.3 Å². The van der Waals surface area contributed by atoms with Crippen LogP contribution < -0.4 is 4.74 Å². The zero-order chi connectivity index (χ0) is 35.1. The van der Waals surface area contributed by atoms with E-state index in [0.29, 0.717) is 38.5 Å². The summed E-state index contributed by atoms with van der Waals surface area (Å²) in [5.41, 5.74) is 1.79. The van der Waals surface area contributed by atoms with E-state index in [-0.39, 0.29) is 30.0 Å². The Bertz CT molecular complexity index is 1420. The maximum Gasteiger partial charge on any atom is 0.414 e. The number of carboxylic acid groups (broad SMARTS) is 4. The van der Waals surface area contributed by atoms with Crippen molar-refractivity contribution in [2.45, 2.75) is 12.1 Å². The van der Waals surface area contributed by atoms with Crippen molar-refractivity contribution in [3.05, 3.63) is 106 Å². The summed E-state index contributed by atoms with van der Waals surface area (Å²) in [7, 11) is 0. The number of benzene rings is 3. The molecule has 3 aromatic carbocycles. The van der Waals surface area contributed by atoms with E-state index < -0.39 is 34.9 Å². The first-order chi connectivity index (χ1) is 22.2. The summed E-state index contributed by atoms with van der Waals surface area (Å²) in [6, 6.07) is 18.5. The van der Waals surface area contributed by atoms with E-state index in [1.54, 1.807) is 30.3 Å². The predicted molar refractivity (Wildman–Crippen MR) is 158 cm³/mol. The molecular weight excluding hydrogens is 632 g/mol. The first-order valence-electron chi connectivity index (χ1n) is 13.6. The standard InChI is InChI=1S/C26H27F2N3O4.2C2H2O4/c27-21-8-4-19(5-9-21)26(20-6-10-22(28)11-7-20)30-14-12-29(13-15-30)17-24(32)18-35-25-3-1-2-23(16-25)31(33)34;2*3-1(4)2(5)6/h1-11,16,24,26,32H,12-15,17-18H2;2*(H,3,4)(H,5,6). The van der Waals surface area contributed by atoms with E-state index in [9.17, 15) is 24.0 Å². The van der Waals surface area contributed by atoms with E-state index >= 15 is 0 Å². The highest BCUT2D eigenvalue weighted by atomic mass is 19.1. The van der Waals surface area contributed by atoms with Crippen molar-refractivity contribution in [3.63, 3.8) is 0 Å². The number of hydrogen-bond acceptors (Lipinski definition) is 10. The maximum atomic E-state index is 13.5. The first-order valence-corrected chi connectivity index (χ1v) is 13.6. The molecule has 5 N–H and O–H groups in total. The number of rotatable bonds is 9. The maximum absolute atomic E-state index is 13.5. The molecule has 1 aliphatic rings. The van der Waals surface area contributed by atoms with E-state index in [1.165, 1.54) is 42.5 Å². The van der Waals surface area contributed by atoms with Crippen LogP contribution in [0, 0.1) is 21.7 Å². The van der Waals surface area contributed by atoms with Gasteiger partial charge in [0, 0.05) is 38.8 Å². The summed E-state index contributed by atoms with van der Waals surface area (Å²) in [4.78, 5) is 51.2. The molecule has 1 aliphatic heterocycles. The summed E-state index contributed by atoms with van der Waals surface area (Å²) < 4.78 is 32.6. The molecule has 252 valence electrons. The second-order valence-electron chi connectivity index (χ2n) is 9.78. The molecular formula is C30H31F2N3O12. The SMILES string of the molecule is O=C(O)C(=O)O.O=C(O)C(=O)O.O=[N+]([O-])c1cccc(OCC(O)CN2CCN(C(c3ccc(F)cc3)c3ccc(F)cc3)CC2)c1. The fourth-order valence-corrected chi connectivity index (χ4v) is 4.34. The van der Waals surface area contributed by atoms with Crippen molar-refractivity contribution < 1.29 is 63.2 Å². The van der Waals surface area contributed by atoms with Crippen molar-refractivity contribution in [3.8, 4) is 5.75 Å². The molecule has 1 atom stereocenters.